The quantitative estimate of drug-likeness (QED) is 0.598. The minimum Gasteiger partial charge on any atom is -0.444 e. The lowest BCUT2D eigenvalue weighted by Crippen LogP contribution is -2.49. The summed E-state index contributed by atoms with van der Waals surface area (Å²) in [5, 5.41) is 5.14. The SMILES string of the molecule is CC(=O)N(c1ccccc1)c1nc(/C=C/C(=O)N2CCCCC2CNC(=O)OC(C)(C)C)cs1. The highest BCUT2D eigenvalue weighted by molar-refractivity contribution is 7.14. The number of aromatic nitrogens is 1. The molecule has 0 spiro atoms. The van der Waals surface area contributed by atoms with Crippen molar-refractivity contribution in [1.29, 1.82) is 0 Å². The number of hydrogen-bond donors (Lipinski definition) is 1. The molecule has 3 amide bonds. The molecule has 1 aliphatic heterocycles. The molecule has 1 N–H and O–H groups in total. The number of rotatable bonds is 6. The van der Waals surface area contributed by atoms with E-state index in [0.717, 1.165) is 24.9 Å². The van der Waals surface area contributed by atoms with Crippen molar-refractivity contribution in [3.05, 3.63) is 47.5 Å². The van der Waals surface area contributed by atoms with E-state index in [9.17, 15) is 14.4 Å². The van der Waals surface area contributed by atoms with Gasteiger partial charge in [0, 0.05) is 37.5 Å². The smallest absolute Gasteiger partial charge is 0.407 e. The third-order valence-electron chi connectivity index (χ3n) is 5.22. The number of nitrogens with one attached hydrogen (secondary N) is 1. The van der Waals surface area contributed by atoms with E-state index in [1.54, 1.807) is 15.9 Å². The fourth-order valence-corrected chi connectivity index (χ4v) is 4.59. The lowest BCUT2D eigenvalue weighted by Gasteiger charge is -2.35. The Labute approximate surface area is 204 Å². The van der Waals surface area contributed by atoms with Crippen LogP contribution in [0, 0.1) is 0 Å². The van der Waals surface area contributed by atoms with Crippen LogP contribution in [0.3, 0.4) is 0 Å². The third-order valence-corrected chi connectivity index (χ3v) is 6.06. The zero-order chi connectivity index (χ0) is 24.7. The van der Waals surface area contributed by atoms with E-state index < -0.39 is 11.7 Å². The first-order valence-corrected chi connectivity index (χ1v) is 12.3. The standard InChI is InChI=1S/C25H32N4O4S/c1-18(30)29(20-10-6-5-7-11-20)23-27-19(17-34-23)13-14-22(31)28-15-9-8-12-21(28)16-26-24(32)33-25(2,3)4/h5-7,10-11,13-14,17,21H,8-9,12,15-16H2,1-4H3,(H,26,32)/b14-13+. The average molecular weight is 485 g/mol. The molecule has 8 nitrogen and oxygen atoms in total. The van der Waals surface area contributed by atoms with Gasteiger partial charge in [-0.3, -0.25) is 14.5 Å². The molecule has 1 atom stereocenters. The van der Waals surface area contributed by atoms with E-state index in [-0.39, 0.29) is 17.9 Å². The van der Waals surface area contributed by atoms with Gasteiger partial charge in [0.1, 0.15) is 5.60 Å². The number of carbonyl (C=O) groups is 3. The van der Waals surface area contributed by atoms with Gasteiger partial charge in [0.15, 0.2) is 5.13 Å². The van der Waals surface area contributed by atoms with Crippen molar-refractivity contribution < 1.29 is 19.1 Å². The Bertz CT molecular complexity index is 1030. The summed E-state index contributed by atoms with van der Waals surface area (Å²) in [6.07, 6.45) is 5.44. The molecule has 2 aromatic rings. The van der Waals surface area contributed by atoms with Crippen LogP contribution in [-0.2, 0) is 14.3 Å². The summed E-state index contributed by atoms with van der Waals surface area (Å²) in [5.74, 6) is -0.266. The maximum atomic E-state index is 12.9. The van der Waals surface area contributed by atoms with Crippen molar-refractivity contribution in [3.63, 3.8) is 0 Å². The summed E-state index contributed by atoms with van der Waals surface area (Å²) in [4.78, 5) is 45.0. The zero-order valence-electron chi connectivity index (χ0n) is 20.1. The third kappa shape index (κ3) is 7.15. The zero-order valence-corrected chi connectivity index (χ0v) is 20.9. The molecule has 182 valence electrons. The molecular weight excluding hydrogens is 452 g/mol. The Morgan fingerprint density at radius 1 is 1.24 bits per heavy atom. The van der Waals surface area contributed by atoms with Gasteiger partial charge in [0.2, 0.25) is 11.8 Å². The molecule has 1 aromatic carbocycles. The largest absolute Gasteiger partial charge is 0.444 e. The molecule has 3 rings (SSSR count). The van der Waals surface area contributed by atoms with Crippen LogP contribution in [0.25, 0.3) is 6.08 Å². The molecule has 1 fully saturated rings. The number of thiazole rings is 1. The second-order valence-corrected chi connectivity index (χ2v) is 9.98. The van der Waals surface area contributed by atoms with E-state index in [2.05, 4.69) is 10.3 Å². The summed E-state index contributed by atoms with van der Waals surface area (Å²) in [6, 6.07) is 9.24. The summed E-state index contributed by atoms with van der Waals surface area (Å²) in [7, 11) is 0. The number of para-hydroxylation sites is 1. The van der Waals surface area contributed by atoms with Crippen LogP contribution >= 0.6 is 11.3 Å². The van der Waals surface area contributed by atoms with Gasteiger partial charge < -0.3 is 15.0 Å². The normalized spacial score (nSPS) is 16.4. The van der Waals surface area contributed by atoms with Crippen LogP contribution in [0.1, 0.15) is 52.7 Å². The second kappa shape index (κ2) is 11.3. The fourth-order valence-electron chi connectivity index (χ4n) is 3.73. The molecule has 0 bridgehead atoms. The number of anilines is 2. The molecule has 34 heavy (non-hydrogen) atoms. The first-order chi connectivity index (χ1) is 16.1. The van der Waals surface area contributed by atoms with Crippen molar-refractivity contribution >= 4 is 46.1 Å². The molecule has 0 saturated carbocycles. The molecule has 0 radical (unpaired) electrons. The van der Waals surface area contributed by atoms with Gasteiger partial charge in [0.05, 0.1) is 11.4 Å². The van der Waals surface area contributed by atoms with Crippen molar-refractivity contribution in [2.75, 3.05) is 18.0 Å². The second-order valence-electron chi connectivity index (χ2n) is 9.14. The van der Waals surface area contributed by atoms with Crippen LogP contribution < -0.4 is 10.2 Å². The molecule has 2 heterocycles. The highest BCUT2D eigenvalue weighted by Gasteiger charge is 2.27. The molecular formula is C25H32N4O4S. The summed E-state index contributed by atoms with van der Waals surface area (Å²) in [5.41, 5.74) is 0.778. The molecule has 1 aromatic heterocycles. The molecule has 1 saturated heterocycles. The Kier molecular flexibility index (Phi) is 8.44. The Morgan fingerprint density at radius 2 is 1.97 bits per heavy atom. The fraction of sp³-hybridized carbons (Fsp3) is 0.440. The van der Waals surface area contributed by atoms with Crippen molar-refractivity contribution in [2.45, 2.75) is 58.6 Å². The Balaban J connectivity index is 1.64. The molecule has 1 aliphatic rings. The van der Waals surface area contributed by atoms with Crippen LogP contribution in [0.2, 0.25) is 0 Å². The maximum absolute atomic E-state index is 12.9. The number of alkyl carbamates (subject to hydrolysis) is 1. The first kappa shape index (κ1) is 25.4. The van der Waals surface area contributed by atoms with Gasteiger partial charge in [-0.15, -0.1) is 11.3 Å². The van der Waals surface area contributed by atoms with E-state index in [1.165, 1.54) is 24.3 Å². The van der Waals surface area contributed by atoms with Crippen LogP contribution in [0.4, 0.5) is 15.6 Å². The van der Waals surface area contributed by atoms with Gasteiger partial charge in [-0.25, -0.2) is 9.78 Å². The lowest BCUT2D eigenvalue weighted by atomic mass is 10.0. The van der Waals surface area contributed by atoms with Crippen molar-refractivity contribution in [2.24, 2.45) is 0 Å². The van der Waals surface area contributed by atoms with Crippen LogP contribution in [0.15, 0.2) is 41.8 Å². The topological polar surface area (TPSA) is 91.8 Å². The van der Waals surface area contributed by atoms with E-state index in [0.29, 0.717) is 23.9 Å². The van der Waals surface area contributed by atoms with E-state index >= 15 is 0 Å². The van der Waals surface area contributed by atoms with Gasteiger partial charge >= 0.3 is 6.09 Å². The lowest BCUT2D eigenvalue weighted by molar-refractivity contribution is -0.129. The minimum atomic E-state index is -0.570. The number of piperidine rings is 1. The predicted octanol–water partition coefficient (Wildman–Crippen LogP) is 4.75. The number of carbonyl (C=O) groups excluding carboxylic acids is 3. The molecule has 9 heteroatoms. The maximum Gasteiger partial charge on any atom is 0.407 e. The number of hydrogen-bond acceptors (Lipinski definition) is 6. The monoisotopic (exact) mass is 484 g/mol. The van der Waals surface area contributed by atoms with Gasteiger partial charge in [-0.2, -0.15) is 0 Å². The number of benzene rings is 1. The predicted molar refractivity (Wildman–Crippen MR) is 134 cm³/mol. The first-order valence-electron chi connectivity index (χ1n) is 11.4. The average Bonchev–Trinajstić information content (AvgIpc) is 3.24. The molecule has 0 aliphatic carbocycles. The van der Waals surface area contributed by atoms with Gasteiger partial charge in [0.25, 0.3) is 0 Å². The number of likely N-dealkylation sites (tertiary alicyclic amines) is 1. The highest BCUT2D eigenvalue weighted by Crippen LogP contribution is 2.29. The number of amides is 3. The van der Waals surface area contributed by atoms with Gasteiger partial charge in [-0.1, -0.05) is 18.2 Å². The number of ether oxygens (including phenoxy) is 1. The van der Waals surface area contributed by atoms with Crippen LogP contribution in [0.5, 0.6) is 0 Å². The van der Waals surface area contributed by atoms with E-state index in [1.807, 2.05) is 56.5 Å². The Morgan fingerprint density at radius 3 is 2.65 bits per heavy atom. The Hall–Kier alpha value is -3.20. The highest BCUT2D eigenvalue weighted by atomic mass is 32.1. The summed E-state index contributed by atoms with van der Waals surface area (Å²) in [6.45, 7) is 7.92. The summed E-state index contributed by atoms with van der Waals surface area (Å²) < 4.78 is 5.30. The number of nitrogens with zero attached hydrogens (tertiary/aromatic N) is 3. The van der Waals surface area contributed by atoms with Crippen molar-refractivity contribution in [1.82, 2.24) is 15.2 Å². The van der Waals surface area contributed by atoms with E-state index in [4.69, 9.17) is 4.74 Å². The van der Waals surface area contributed by atoms with Crippen LogP contribution in [-0.4, -0.2) is 52.5 Å². The van der Waals surface area contributed by atoms with Crippen molar-refractivity contribution in [3.8, 4) is 0 Å². The summed E-state index contributed by atoms with van der Waals surface area (Å²) >= 11 is 1.34. The molecule has 1 unspecified atom stereocenters. The minimum absolute atomic E-state index is 0.0873. The van der Waals surface area contributed by atoms with Gasteiger partial charge in [-0.05, 0) is 58.2 Å².